The Bertz CT molecular complexity index is 1100. The minimum Gasteiger partial charge on any atom is -0.366 e. The highest BCUT2D eigenvalue weighted by atomic mass is 17.1. The number of aromatic amines is 2. The van der Waals surface area contributed by atoms with Crippen LogP contribution in [0.3, 0.4) is 0 Å². The number of nitrogens with one attached hydrogen (secondary N) is 3. The number of piperazine rings is 1. The standard InChI is InChI=1S/C19H22N6O2.C2H6O2.3H2/c1-12-3-4-14(13(2)11-12)21-19(27)25-9-7-24(8-10-25)15-5-6-20-17-16(15)22-18(26)23-17;1-2-4-3;;;/h3-6,11H,7-10H2,1-2H3,(H,21,27)(H2,20,22,23,26);3H,2H2,1H3;3*1H. The van der Waals surface area contributed by atoms with Crippen LogP contribution in [0.4, 0.5) is 16.2 Å². The van der Waals surface area contributed by atoms with Crippen LogP contribution in [0, 0.1) is 13.8 Å². The average Bonchev–Trinajstić information content (AvgIpc) is 3.16. The zero-order valence-electron chi connectivity index (χ0n) is 17.9. The molecular formula is C21H34N6O4. The summed E-state index contributed by atoms with van der Waals surface area (Å²) in [5.41, 5.74) is 4.98. The van der Waals surface area contributed by atoms with Crippen LogP contribution in [0.25, 0.3) is 11.2 Å². The molecule has 1 aliphatic rings. The molecule has 0 bridgehead atoms. The number of hydrogen-bond donors (Lipinski definition) is 4. The van der Waals surface area contributed by atoms with E-state index in [1.807, 2.05) is 36.9 Å². The van der Waals surface area contributed by atoms with Crippen molar-refractivity contribution in [3.63, 3.8) is 0 Å². The molecule has 4 rings (SSSR count). The minimum absolute atomic E-state index is 0. The highest BCUT2D eigenvalue weighted by Gasteiger charge is 2.23. The smallest absolute Gasteiger partial charge is 0.325 e. The van der Waals surface area contributed by atoms with Gasteiger partial charge < -0.3 is 20.1 Å². The molecule has 4 N–H and O–H groups in total. The lowest BCUT2D eigenvalue weighted by molar-refractivity contribution is -0.237. The van der Waals surface area contributed by atoms with Crippen LogP contribution in [-0.2, 0) is 4.89 Å². The van der Waals surface area contributed by atoms with Gasteiger partial charge in [0.05, 0.1) is 12.3 Å². The van der Waals surface area contributed by atoms with Gasteiger partial charge in [-0.3, -0.25) is 10.2 Å². The van der Waals surface area contributed by atoms with Crippen molar-refractivity contribution in [3.05, 3.63) is 52.1 Å². The van der Waals surface area contributed by atoms with Gasteiger partial charge in [0, 0.05) is 42.3 Å². The van der Waals surface area contributed by atoms with Crippen molar-refractivity contribution >= 4 is 28.6 Å². The minimum atomic E-state index is -0.267. The Morgan fingerprint density at radius 3 is 2.58 bits per heavy atom. The molecule has 0 saturated carbocycles. The van der Waals surface area contributed by atoms with Crippen LogP contribution in [0.15, 0.2) is 35.3 Å². The molecule has 0 unspecified atom stereocenters. The normalized spacial score (nSPS) is 13.7. The van der Waals surface area contributed by atoms with Crippen molar-refractivity contribution in [2.45, 2.75) is 20.8 Å². The number of aromatic nitrogens is 3. The molecular weight excluding hydrogens is 400 g/mol. The number of aryl methyl sites for hydroxylation is 2. The second-order valence-corrected chi connectivity index (χ2v) is 7.27. The summed E-state index contributed by atoms with van der Waals surface area (Å²) < 4.78 is 0. The van der Waals surface area contributed by atoms with E-state index >= 15 is 0 Å². The molecule has 0 radical (unpaired) electrons. The number of anilines is 2. The summed E-state index contributed by atoms with van der Waals surface area (Å²) in [7, 11) is 0. The number of nitrogens with zero attached hydrogens (tertiary/aromatic N) is 3. The van der Waals surface area contributed by atoms with Crippen molar-refractivity contribution in [3.8, 4) is 0 Å². The summed E-state index contributed by atoms with van der Waals surface area (Å²) >= 11 is 0. The second kappa shape index (κ2) is 10.1. The van der Waals surface area contributed by atoms with Gasteiger partial charge in [-0.2, -0.15) is 0 Å². The first-order valence-electron chi connectivity index (χ1n) is 10.1. The predicted molar refractivity (Wildman–Crippen MR) is 126 cm³/mol. The van der Waals surface area contributed by atoms with Crippen molar-refractivity contribution in [1.29, 1.82) is 0 Å². The molecule has 1 aliphatic heterocycles. The lowest BCUT2D eigenvalue weighted by Gasteiger charge is -2.36. The second-order valence-electron chi connectivity index (χ2n) is 7.27. The van der Waals surface area contributed by atoms with E-state index in [1.54, 1.807) is 13.1 Å². The molecule has 10 nitrogen and oxygen atoms in total. The Kier molecular flexibility index (Phi) is 7.27. The monoisotopic (exact) mass is 434 g/mol. The first kappa shape index (κ1) is 22.3. The molecule has 1 aromatic carbocycles. The largest absolute Gasteiger partial charge is 0.366 e. The van der Waals surface area contributed by atoms with Crippen molar-refractivity contribution < 1.29 is 19.2 Å². The summed E-state index contributed by atoms with van der Waals surface area (Å²) in [6.07, 6.45) is 1.68. The van der Waals surface area contributed by atoms with Gasteiger partial charge in [0.2, 0.25) is 0 Å². The summed E-state index contributed by atoms with van der Waals surface area (Å²) in [5, 5.41) is 10.4. The number of imidazole rings is 1. The molecule has 3 heterocycles. The molecule has 2 amide bonds. The van der Waals surface area contributed by atoms with Gasteiger partial charge in [-0.15, -0.1) is 0 Å². The highest BCUT2D eigenvalue weighted by molar-refractivity contribution is 5.90. The third kappa shape index (κ3) is 5.41. The number of rotatable bonds is 3. The van der Waals surface area contributed by atoms with Crippen LogP contribution >= 0.6 is 0 Å². The maximum atomic E-state index is 12.6. The molecule has 0 spiro atoms. The molecule has 10 heteroatoms. The molecule has 2 aromatic heterocycles. The third-order valence-electron chi connectivity index (χ3n) is 5.06. The fourth-order valence-electron chi connectivity index (χ4n) is 3.48. The number of carbonyl (C=O) groups is 1. The van der Waals surface area contributed by atoms with E-state index in [-0.39, 0.29) is 16.0 Å². The Hall–Kier alpha value is -3.37. The van der Waals surface area contributed by atoms with Crippen LogP contribution < -0.4 is 15.9 Å². The first-order chi connectivity index (χ1) is 14.9. The van der Waals surface area contributed by atoms with Gasteiger partial charge in [-0.25, -0.2) is 19.5 Å². The van der Waals surface area contributed by atoms with Gasteiger partial charge in [0.25, 0.3) is 0 Å². The number of pyridine rings is 1. The maximum Gasteiger partial charge on any atom is 0.325 e. The SMILES string of the molecule is CCOO.Cc1ccc(NC(=O)N2CCN(c3ccnc4[nH]c(=O)[nH]c34)CC2)c(C)c1.[HH].[HH].[HH]. The van der Waals surface area contributed by atoms with Crippen molar-refractivity contribution in [1.82, 2.24) is 19.9 Å². The summed E-state index contributed by atoms with van der Waals surface area (Å²) in [4.78, 5) is 41.3. The van der Waals surface area contributed by atoms with Crippen molar-refractivity contribution in [2.75, 3.05) is 43.0 Å². The summed E-state index contributed by atoms with van der Waals surface area (Å²) in [6.45, 7) is 8.70. The number of hydrogen-bond acceptors (Lipinski definition) is 6. The number of carbonyl (C=O) groups excluding carboxylic acids is 1. The Morgan fingerprint density at radius 2 is 1.94 bits per heavy atom. The maximum absolute atomic E-state index is 12.6. The topological polar surface area (TPSA) is 127 Å². The zero-order valence-corrected chi connectivity index (χ0v) is 17.9. The molecule has 0 aliphatic carbocycles. The Labute approximate surface area is 184 Å². The van der Waals surface area contributed by atoms with E-state index in [2.05, 4.69) is 36.1 Å². The molecule has 1 saturated heterocycles. The van der Waals surface area contributed by atoms with E-state index in [4.69, 9.17) is 5.26 Å². The van der Waals surface area contributed by atoms with Gasteiger partial charge in [0.15, 0.2) is 5.65 Å². The zero-order chi connectivity index (χ0) is 22.4. The summed E-state index contributed by atoms with van der Waals surface area (Å²) in [6, 6.07) is 7.79. The van der Waals surface area contributed by atoms with Crippen molar-refractivity contribution in [2.24, 2.45) is 0 Å². The predicted octanol–water partition coefficient (Wildman–Crippen LogP) is 3.46. The quantitative estimate of drug-likeness (QED) is 0.369. The molecule has 0 atom stereocenters. The Morgan fingerprint density at radius 1 is 1.23 bits per heavy atom. The van der Waals surface area contributed by atoms with E-state index in [0.717, 1.165) is 16.9 Å². The molecule has 1 fully saturated rings. The Balaban J connectivity index is 0.00000145. The van der Waals surface area contributed by atoms with Gasteiger partial charge in [0.1, 0.15) is 5.52 Å². The number of amides is 2. The molecule has 3 aromatic rings. The van der Waals surface area contributed by atoms with Crippen LogP contribution in [0.1, 0.15) is 22.3 Å². The number of H-pyrrole nitrogens is 2. The fourth-order valence-corrected chi connectivity index (χ4v) is 3.48. The number of fused-ring (bicyclic) bond motifs is 1. The molecule has 31 heavy (non-hydrogen) atoms. The first-order valence-corrected chi connectivity index (χ1v) is 10.1. The lowest BCUT2D eigenvalue weighted by atomic mass is 10.1. The van der Waals surface area contributed by atoms with E-state index < -0.39 is 0 Å². The third-order valence-corrected chi connectivity index (χ3v) is 5.06. The van der Waals surface area contributed by atoms with E-state index in [1.165, 1.54) is 5.56 Å². The molecule has 172 valence electrons. The fraction of sp³-hybridized carbons (Fsp3) is 0.381. The highest BCUT2D eigenvalue weighted by Crippen LogP contribution is 2.23. The number of benzene rings is 1. The van der Waals surface area contributed by atoms with Crippen LogP contribution in [-0.4, -0.2) is 63.9 Å². The van der Waals surface area contributed by atoms with E-state index in [0.29, 0.717) is 43.9 Å². The summed E-state index contributed by atoms with van der Waals surface area (Å²) in [5.74, 6) is 0. The van der Waals surface area contributed by atoms with Crippen LogP contribution in [0.2, 0.25) is 0 Å². The lowest BCUT2D eigenvalue weighted by Crippen LogP contribution is -2.50. The van der Waals surface area contributed by atoms with Gasteiger partial charge in [-0.05, 0) is 38.5 Å². The number of urea groups is 1. The van der Waals surface area contributed by atoms with Gasteiger partial charge in [-0.1, -0.05) is 17.7 Å². The van der Waals surface area contributed by atoms with Gasteiger partial charge >= 0.3 is 11.7 Å². The van der Waals surface area contributed by atoms with E-state index in [9.17, 15) is 9.59 Å². The van der Waals surface area contributed by atoms with Crippen LogP contribution in [0.5, 0.6) is 0 Å². The average molecular weight is 435 g/mol.